The van der Waals surface area contributed by atoms with Gasteiger partial charge in [-0.15, -0.1) is 5.10 Å². The van der Waals surface area contributed by atoms with Gasteiger partial charge >= 0.3 is 6.18 Å². The highest BCUT2D eigenvalue weighted by Gasteiger charge is 2.33. The third-order valence-corrected chi connectivity index (χ3v) is 3.93. The Labute approximate surface area is 167 Å². The molecule has 1 amide bonds. The van der Waals surface area contributed by atoms with E-state index in [4.69, 9.17) is 5.73 Å². The van der Waals surface area contributed by atoms with E-state index in [-0.39, 0.29) is 22.9 Å². The van der Waals surface area contributed by atoms with Crippen molar-refractivity contribution in [3.63, 3.8) is 0 Å². The number of hydrogen-bond donors (Lipinski definition) is 2. The van der Waals surface area contributed by atoms with Crippen molar-refractivity contribution >= 4 is 17.9 Å². The topological polar surface area (TPSA) is 137 Å². The van der Waals surface area contributed by atoms with Crippen LogP contribution < -0.4 is 11.2 Å². The molecule has 1 aromatic carbocycles. The van der Waals surface area contributed by atoms with E-state index in [9.17, 15) is 18.0 Å². The first-order valence-electron chi connectivity index (χ1n) is 8.54. The summed E-state index contributed by atoms with van der Waals surface area (Å²) in [5.74, 6) is -0.782. The van der Waals surface area contributed by atoms with Crippen LogP contribution in [0, 0.1) is 0 Å². The second-order valence-corrected chi connectivity index (χ2v) is 7.21. The average molecular weight is 422 g/mol. The molecule has 3 rings (SSSR count). The van der Waals surface area contributed by atoms with Crippen molar-refractivity contribution in [1.29, 1.82) is 0 Å². The highest BCUT2D eigenvalue weighted by atomic mass is 19.4. The molecular formula is C17H17F3N8O2. The lowest BCUT2D eigenvalue weighted by Gasteiger charge is -2.19. The Morgan fingerprint density at radius 3 is 2.53 bits per heavy atom. The molecule has 0 bridgehead atoms. The number of nitrogens with two attached hydrogens (primary N) is 1. The number of hydrogen-bond acceptors (Lipinski definition) is 8. The van der Waals surface area contributed by atoms with Gasteiger partial charge in [0, 0.05) is 11.0 Å². The van der Waals surface area contributed by atoms with Crippen LogP contribution in [0.1, 0.15) is 48.1 Å². The number of amides is 1. The van der Waals surface area contributed by atoms with Gasteiger partial charge in [-0.2, -0.15) is 23.0 Å². The van der Waals surface area contributed by atoms with Gasteiger partial charge in [-0.25, -0.2) is 10.1 Å². The molecule has 3 aromatic rings. The van der Waals surface area contributed by atoms with Crippen LogP contribution in [0.2, 0.25) is 0 Å². The fourth-order valence-electron chi connectivity index (χ4n) is 2.67. The molecule has 13 heteroatoms. The number of nitrogen functional groups attached to an aromatic ring is 1. The molecule has 2 aromatic heterocycles. The molecular weight excluding hydrogens is 405 g/mol. The Kier molecular flexibility index (Phi) is 5.29. The summed E-state index contributed by atoms with van der Waals surface area (Å²) in [6, 6.07) is 4.84. The number of carbonyl (C=O) groups is 1. The second-order valence-electron chi connectivity index (χ2n) is 7.21. The van der Waals surface area contributed by atoms with E-state index in [1.807, 2.05) is 0 Å². The lowest BCUT2D eigenvalue weighted by Crippen LogP contribution is -2.26. The van der Waals surface area contributed by atoms with Crippen molar-refractivity contribution in [2.24, 2.45) is 5.10 Å². The first-order chi connectivity index (χ1) is 14.0. The zero-order valence-electron chi connectivity index (χ0n) is 16.1. The van der Waals surface area contributed by atoms with Crippen molar-refractivity contribution in [3.8, 4) is 5.82 Å². The highest BCUT2D eigenvalue weighted by molar-refractivity contribution is 5.94. The molecule has 0 saturated carbocycles. The number of benzene rings is 1. The molecule has 0 aliphatic heterocycles. The molecule has 0 unspecified atom stereocenters. The standard InChI is InChI=1S/C17H17F3N8O2/c1-16(2,3)12-11(23-27-28(12)14-13(21)25-30-26-14)15(29)24-22-8-9-6-4-5-7-10(9)17(18,19)20/h4-8H,1-3H3,(H2,21,25)(H,24,29)/b22-8+. The Morgan fingerprint density at radius 1 is 1.23 bits per heavy atom. The van der Waals surface area contributed by atoms with Crippen LogP contribution >= 0.6 is 0 Å². The first-order valence-corrected chi connectivity index (χ1v) is 8.54. The van der Waals surface area contributed by atoms with E-state index in [1.165, 1.54) is 22.9 Å². The Morgan fingerprint density at radius 2 is 1.93 bits per heavy atom. The minimum absolute atomic E-state index is 0.0501. The summed E-state index contributed by atoms with van der Waals surface area (Å²) in [4.78, 5) is 12.6. The number of aromatic nitrogens is 5. The summed E-state index contributed by atoms with van der Waals surface area (Å²) in [6.07, 6.45) is -3.65. The molecule has 3 N–H and O–H groups in total. The third-order valence-electron chi connectivity index (χ3n) is 3.93. The van der Waals surface area contributed by atoms with Crippen molar-refractivity contribution in [2.45, 2.75) is 32.4 Å². The Hall–Kier alpha value is -3.77. The summed E-state index contributed by atoms with van der Waals surface area (Å²) in [6.45, 7) is 5.39. The van der Waals surface area contributed by atoms with Gasteiger partial charge in [0.25, 0.3) is 5.91 Å². The van der Waals surface area contributed by atoms with Crippen LogP contribution in [0.3, 0.4) is 0 Å². The molecule has 0 aliphatic rings. The third kappa shape index (κ3) is 4.14. The van der Waals surface area contributed by atoms with Gasteiger partial charge in [0.2, 0.25) is 11.6 Å². The van der Waals surface area contributed by atoms with Crippen LogP contribution in [-0.4, -0.2) is 37.4 Å². The van der Waals surface area contributed by atoms with Crippen molar-refractivity contribution in [2.75, 3.05) is 5.73 Å². The van der Waals surface area contributed by atoms with E-state index >= 15 is 0 Å². The molecule has 158 valence electrons. The Balaban J connectivity index is 1.90. The summed E-state index contributed by atoms with van der Waals surface area (Å²) >= 11 is 0. The van der Waals surface area contributed by atoms with E-state index < -0.39 is 23.1 Å². The van der Waals surface area contributed by atoms with Crippen molar-refractivity contribution in [1.82, 2.24) is 30.7 Å². The fraction of sp³-hybridized carbons (Fsp3) is 0.294. The van der Waals surface area contributed by atoms with Crippen molar-refractivity contribution in [3.05, 3.63) is 46.8 Å². The molecule has 0 fully saturated rings. The highest BCUT2D eigenvalue weighted by Crippen LogP contribution is 2.31. The molecule has 30 heavy (non-hydrogen) atoms. The number of hydrazone groups is 1. The van der Waals surface area contributed by atoms with E-state index in [2.05, 4.69) is 35.8 Å². The smallest absolute Gasteiger partial charge is 0.378 e. The molecule has 0 radical (unpaired) electrons. The summed E-state index contributed by atoms with van der Waals surface area (Å²) in [5, 5.41) is 18.5. The minimum Gasteiger partial charge on any atom is -0.378 e. The quantitative estimate of drug-likeness (QED) is 0.486. The number of rotatable bonds is 4. The molecule has 2 heterocycles. The van der Waals surface area contributed by atoms with Gasteiger partial charge in [0.05, 0.1) is 17.5 Å². The molecule has 0 saturated heterocycles. The van der Waals surface area contributed by atoms with Gasteiger partial charge in [-0.05, 0) is 16.4 Å². The van der Waals surface area contributed by atoms with Gasteiger partial charge in [-0.1, -0.05) is 44.2 Å². The van der Waals surface area contributed by atoms with Crippen LogP contribution in [0.15, 0.2) is 34.0 Å². The maximum Gasteiger partial charge on any atom is 0.417 e. The summed E-state index contributed by atoms with van der Waals surface area (Å²) < 4.78 is 44.9. The lowest BCUT2D eigenvalue weighted by molar-refractivity contribution is -0.137. The predicted octanol–water partition coefficient (Wildman–Crippen LogP) is 2.31. The van der Waals surface area contributed by atoms with Gasteiger partial charge in [-0.3, -0.25) is 4.79 Å². The normalized spacial score (nSPS) is 12.5. The number of alkyl halides is 3. The predicted molar refractivity (Wildman–Crippen MR) is 98.8 cm³/mol. The lowest BCUT2D eigenvalue weighted by atomic mass is 9.90. The number of nitrogens with one attached hydrogen (secondary N) is 1. The summed E-state index contributed by atoms with van der Waals surface area (Å²) in [5.41, 5.74) is 6.36. The number of carbonyl (C=O) groups excluding carboxylic acids is 1. The molecule has 0 atom stereocenters. The Bertz CT molecular complexity index is 1100. The van der Waals surface area contributed by atoms with Gasteiger partial charge < -0.3 is 5.73 Å². The maximum atomic E-state index is 13.1. The van der Waals surface area contributed by atoms with Crippen LogP contribution in [0.25, 0.3) is 5.82 Å². The SMILES string of the molecule is CC(C)(C)c1c(C(=O)N/N=C/c2ccccc2C(F)(F)F)nnn1-c1nonc1N. The fourth-order valence-corrected chi connectivity index (χ4v) is 2.67. The monoisotopic (exact) mass is 422 g/mol. The van der Waals surface area contributed by atoms with Gasteiger partial charge in [0.15, 0.2) is 5.69 Å². The van der Waals surface area contributed by atoms with Crippen LogP contribution in [0.4, 0.5) is 19.0 Å². The summed E-state index contributed by atoms with van der Waals surface area (Å²) in [7, 11) is 0. The first kappa shape index (κ1) is 21.0. The van der Waals surface area contributed by atoms with Crippen LogP contribution in [-0.2, 0) is 11.6 Å². The van der Waals surface area contributed by atoms with E-state index in [0.29, 0.717) is 5.69 Å². The minimum atomic E-state index is -4.56. The van der Waals surface area contributed by atoms with Crippen LogP contribution in [0.5, 0.6) is 0 Å². The number of nitrogens with zero attached hydrogens (tertiary/aromatic N) is 6. The average Bonchev–Trinajstić information content (AvgIpc) is 3.26. The zero-order chi connectivity index (χ0) is 22.1. The number of halogens is 3. The molecule has 0 spiro atoms. The second kappa shape index (κ2) is 7.57. The zero-order valence-corrected chi connectivity index (χ0v) is 16.1. The largest absolute Gasteiger partial charge is 0.417 e. The van der Waals surface area contributed by atoms with E-state index in [0.717, 1.165) is 12.3 Å². The maximum absolute atomic E-state index is 13.1. The van der Waals surface area contributed by atoms with E-state index in [1.54, 1.807) is 20.8 Å². The van der Waals surface area contributed by atoms with Crippen molar-refractivity contribution < 1.29 is 22.6 Å². The number of anilines is 1. The van der Waals surface area contributed by atoms with Gasteiger partial charge in [0.1, 0.15) is 0 Å². The molecule has 10 nitrogen and oxygen atoms in total. The molecule has 0 aliphatic carbocycles.